The summed E-state index contributed by atoms with van der Waals surface area (Å²) in [4.78, 5) is 37.2. The molecular formula is C14H16F3N3O4. The number of nitrogens with zero attached hydrogens (tertiary/aromatic N) is 1. The van der Waals surface area contributed by atoms with E-state index in [1.54, 1.807) is 0 Å². The first kappa shape index (κ1) is 19.4. The number of hydrogen-bond donors (Lipinski definition) is 2. The summed E-state index contributed by atoms with van der Waals surface area (Å²) < 4.78 is 41.9. The molecule has 0 saturated carbocycles. The van der Waals surface area contributed by atoms with Crippen LogP contribution in [0.4, 0.5) is 13.2 Å². The van der Waals surface area contributed by atoms with Gasteiger partial charge in [0.2, 0.25) is 5.91 Å². The van der Waals surface area contributed by atoms with Crippen molar-refractivity contribution in [3.05, 3.63) is 29.6 Å². The van der Waals surface area contributed by atoms with Gasteiger partial charge in [-0.15, -0.1) is 0 Å². The monoisotopic (exact) mass is 347 g/mol. The molecule has 0 spiro atoms. The lowest BCUT2D eigenvalue weighted by molar-refractivity contribution is -0.141. The Bertz CT molecular complexity index is 605. The largest absolute Gasteiger partial charge is 0.469 e. The smallest absolute Gasteiger partial charge is 0.433 e. The number of hydrogen-bond acceptors (Lipinski definition) is 5. The highest BCUT2D eigenvalue weighted by atomic mass is 19.4. The third-order valence-electron chi connectivity index (χ3n) is 2.83. The van der Waals surface area contributed by atoms with Crippen LogP contribution in [0, 0.1) is 0 Å². The van der Waals surface area contributed by atoms with Crippen molar-refractivity contribution < 1.29 is 32.3 Å². The Morgan fingerprint density at radius 2 is 1.83 bits per heavy atom. The molecule has 1 heterocycles. The fraction of sp³-hybridized carbons (Fsp3) is 0.429. The van der Waals surface area contributed by atoms with Crippen LogP contribution in [0.5, 0.6) is 0 Å². The summed E-state index contributed by atoms with van der Waals surface area (Å²) in [5, 5.41) is 4.77. The Balaban J connectivity index is 2.39. The number of pyridine rings is 1. The zero-order chi connectivity index (χ0) is 18.2. The molecule has 0 aliphatic carbocycles. The molecule has 132 valence electrons. The van der Waals surface area contributed by atoms with Crippen LogP contribution in [0.2, 0.25) is 0 Å². The molecule has 0 aromatic carbocycles. The van der Waals surface area contributed by atoms with Crippen LogP contribution in [0.25, 0.3) is 0 Å². The number of methoxy groups -OCH3 is 1. The van der Waals surface area contributed by atoms with Crippen molar-refractivity contribution in [1.82, 2.24) is 15.6 Å². The molecule has 0 radical (unpaired) electrons. The Kier molecular flexibility index (Phi) is 7.15. The van der Waals surface area contributed by atoms with Gasteiger partial charge in [-0.3, -0.25) is 19.4 Å². The molecule has 0 bridgehead atoms. The second kappa shape index (κ2) is 8.85. The number of esters is 1. The van der Waals surface area contributed by atoms with E-state index in [1.807, 2.05) is 0 Å². The van der Waals surface area contributed by atoms with Crippen LogP contribution in [0.3, 0.4) is 0 Å². The van der Waals surface area contributed by atoms with E-state index in [-0.39, 0.29) is 31.5 Å². The molecule has 0 aliphatic heterocycles. The van der Waals surface area contributed by atoms with Crippen LogP contribution >= 0.6 is 0 Å². The molecule has 2 N–H and O–H groups in total. The van der Waals surface area contributed by atoms with Crippen molar-refractivity contribution >= 4 is 17.8 Å². The molecule has 0 unspecified atom stereocenters. The Morgan fingerprint density at radius 3 is 2.46 bits per heavy atom. The van der Waals surface area contributed by atoms with Gasteiger partial charge in [0.25, 0.3) is 5.91 Å². The first-order valence-corrected chi connectivity index (χ1v) is 6.89. The SMILES string of the molecule is COC(=O)CCNC(=O)CCNC(=O)c1ccnc(C(F)(F)F)c1. The second-order valence-corrected chi connectivity index (χ2v) is 4.61. The minimum Gasteiger partial charge on any atom is -0.469 e. The maximum absolute atomic E-state index is 12.5. The third kappa shape index (κ3) is 6.63. The van der Waals surface area contributed by atoms with Crippen LogP contribution in [0.15, 0.2) is 18.3 Å². The van der Waals surface area contributed by atoms with E-state index < -0.39 is 29.7 Å². The number of alkyl halides is 3. The molecule has 7 nitrogen and oxygen atoms in total. The maximum Gasteiger partial charge on any atom is 0.433 e. The molecule has 10 heteroatoms. The second-order valence-electron chi connectivity index (χ2n) is 4.61. The lowest BCUT2D eigenvalue weighted by Gasteiger charge is -2.08. The van der Waals surface area contributed by atoms with Gasteiger partial charge in [0.15, 0.2) is 0 Å². The highest BCUT2D eigenvalue weighted by Gasteiger charge is 2.32. The van der Waals surface area contributed by atoms with Crippen molar-refractivity contribution in [3.8, 4) is 0 Å². The molecular weight excluding hydrogens is 331 g/mol. The molecule has 0 saturated heterocycles. The van der Waals surface area contributed by atoms with Gasteiger partial charge in [-0.1, -0.05) is 0 Å². The number of aromatic nitrogens is 1. The van der Waals surface area contributed by atoms with Crippen molar-refractivity contribution in [3.63, 3.8) is 0 Å². The van der Waals surface area contributed by atoms with Gasteiger partial charge in [0.05, 0.1) is 13.5 Å². The number of amides is 2. The summed E-state index contributed by atoms with van der Waals surface area (Å²) in [6, 6.07) is 1.77. The van der Waals surface area contributed by atoms with Gasteiger partial charge in [0.1, 0.15) is 5.69 Å². The number of ether oxygens (including phenoxy) is 1. The van der Waals surface area contributed by atoms with Crippen molar-refractivity contribution in [1.29, 1.82) is 0 Å². The van der Waals surface area contributed by atoms with Crippen LogP contribution < -0.4 is 10.6 Å². The van der Waals surface area contributed by atoms with Crippen LogP contribution in [0.1, 0.15) is 28.9 Å². The van der Waals surface area contributed by atoms with E-state index in [0.717, 1.165) is 12.3 Å². The van der Waals surface area contributed by atoms with E-state index in [4.69, 9.17) is 0 Å². The first-order valence-electron chi connectivity index (χ1n) is 6.89. The molecule has 1 aromatic rings. The van der Waals surface area contributed by atoms with E-state index in [9.17, 15) is 27.6 Å². The Morgan fingerprint density at radius 1 is 1.17 bits per heavy atom. The molecule has 1 aromatic heterocycles. The van der Waals surface area contributed by atoms with E-state index in [2.05, 4.69) is 20.4 Å². The molecule has 0 aliphatic rings. The predicted octanol–water partition coefficient (Wildman–Crippen LogP) is 0.900. The lowest BCUT2D eigenvalue weighted by atomic mass is 10.2. The van der Waals surface area contributed by atoms with Crippen molar-refractivity contribution in [2.45, 2.75) is 19.0 Å². The van der Waals surface area contributed by atoms with Gasteiger partial charge >= 0.3 is 12.1 Å². The minimum atomic E-state index is -4.64. The fourth-order valence-corrected chi connectivity index (χ4v) is 1.61. The maximum atomic E-state index is 12.5. The normalized spacial score (nSPS) is 10.8. The summed E-state index contributed by atoms with van der Waals surface area (Å²) in [6.45, 7) is 0.0331. The highest BCUT2D eigenvalue weighted by molar-refractivity contribution is 5.94. The number of rotatable bonds is 7. The van der Waals surface area contributed by atoms with Gasteiger partial charge in [0, 0.05) is 31.3 Å². The van der Waals surface area contributed by atoms with Crippen LogP contribution in [-0.4, -0.2) is 43.0 Å². The number of carbonyl (C=O) groups is 3. The molecule has 0 atom stereocenters. The molecule has 0 fully saturated rings. The molecule has 2 amide bonds. The number of nitrogens with one attached hydrogen (secondary N) is 2. The average Bonchev–Trinajstić information content (AvgIpc) is 2.53. The van der Waals surface area contributed by atoms with Gasteiger partial charge in [-0.25, -0.2) is 0 Å². The summed E-state index contributed by atoms with van der Waals surface area (Å²) in [5.74, 6) is -1.63. The Labute approximate surface area is 135 Å². The zero-order valence-corrected chi connectivity index (χ0v) is 12.8. The topological polar surface area (TPSA) is 97.4 Å². The predicted molar refractivity (Wildman–Crippen MR) is 75.8 cm³/mol. The average molecular weight is 347 g/mol. The summed E-state index contributed by atoms with van der Waals surface area (Å²) >= 11 is 0. The third-order valence-corrected chi connectivity index (χ3v) is 2.83. The Hall–Kier alpha value is -2.65. The quantitative estimate of drug-likeness (QED) is 0.714. The van der Waals surface area contributed by atoms with Gasteiger partial charge in [-0.2, -0.15) is 13.2 Å². The summed E-state index contributed by atoms with van der Waals surface area (Å²) in [5.41, 5.74) is -1.38. The highest BCUT2D eigenvalue weighted by Crippen LogP contribution is 2.27. The number of halogens is 3. The van der Waals surface area contributed by atoms with E-state index in [0.29, 0.717) is 6.07 Å². The summed E-state index contributed by atoms with van der Waals surface area (Å²) in [7, 11) is 1.23. The first-order chi connectivity index (χ1) is 11.2. The number of carbonyl (C=O) groups excluding carboxylic acids is 3. The minimum absolute atomic E-state index is 0.0197. The van der Waals surface area contributed by atoms with E-state index in [1.165, 1.54) is 7.11 Å². The van der Waals surface area contributed by atoms with Crippen LogP contribution in [-0.2, 0) is 20.5 Å². The van der Waals surface area contributed by atoms with Crippen molar-refractivity contribution in [2.24, 2.45) is 0 Å². The van der Waals surface area contributed by atoms with Gasteiger partial charge in [-0.05, 0) is 12.1 Å². The molecule has 24 heavy (non-hydrogen) atoms. The van der Waals surface area contributed by atoms with Crippen molar-refractivity contribution in [2.75, 3.05) is 20.2 Å². The van der Waals surface area contributed by atoms with Gasteiger partial charge < -0.3 is 15.4 Å². The summed E-state index contributed by atoms with van der Waals surface area (Å²) in [6.07, 6.45) is -3.82. The molecule has 1 rings (SSSR count). The lowest BCUT2D eigenvalue weighted by Crippen LogP contribution is -2.32. The fourth-order valence-electron chi connectivity index (χ4n) is 1.61. The van der Waals surface area contributed by atoms with E-state index >= 15 is 0 Å². The standard InChI is InChI=1S/C14H16F3N3O4/c1-24-12(22)4-7-19-11(21)3-6-20-13(23)9-2-5-18-10(8-9)14(15,16)17/h2,5,8H,3-4,6-7H2,1H3,(H,19,21)(H,20,23). The zero-order valence-electron chi connectivity index (χ0n) is 12.8.